The van der Waals surface area contributed by atoms with E-state index in [9.17, 15) is 8.42 Å². The minimum Gasteiger partial charge on any atom is -0.359 e. The summed E-state index contributed by atoms with van der Waals surface area (Å²) in [6, 6.07) is 8.60. The van der Waals surface area contributed by atoms with Gasteiger partial charge in [-0.05, 0) is 64.5 Å². The Hall–Kier alpha value is -1.18. The summed E-state index contributed by atoms with van der Waals surface area (Å²) in [5, 5.41) is 4.54. The number of sulfonamides is 1. The smallest absolute Gasteiger partial charge is 0.216 e. The summed E-state index contributed by atoms with van der Waals surface area (Å²) in [7, 11) is -3.25. The maximum atomic E-state index is 12.2. The number of hydrogen-bond donors (Lipinski definition) is 2. The SMILES string of the molecule is CC(C)(C)S(=O)(=O)NC[C@H]1CC[C@H](Nc2nc3ccccc3s2)CC1. The van der Waals surface area contributed by atoms with E-state index in [-0.39, 0.29) is 0 Å². The second kappa shape index (κ2) is 7.21. The number of nitrogens with zero attached hydrogens (tertiary/aromatic N) is 1. The average molecular weight is 382 g/mol. The molecule has 0 radical (unpaired) electrons. The molecule has 0 bridgehead atoms. The molecule has 1 fully saturated rings. The van der Waals surface area contributed by atoms with Crippen LogP contribution in [0.4, 0.5) is 5.13 Å². The number of aromatic nitrogens is 1. The molecule has 0 saturated heterocycles. The summed E-state index contributed by atoms with van der Waals surface area (Å²) in [5.41, 5.74) is 1.04. The van der Waals surface area contributed by atoms with E-state index in [0.29, 0.717) is 18.5 Å². The molecular weight excluding hydrogens is 354 g/mol. The summed E-state index contributed by atoms with van der Waals surface area (Å²) in [5.74, 6) is 0.422. The van der Waals surface area contributed by atoms with Crippen molar-refractivity contribution in [2.24, 2.45) is 5.92 Å². The monoisotopic (exact) mass is 381 g/mol. The van der Waals surface area contributed by atoms with Gasteiger partial charge in [-0.25, -0.2) is 18.1 Å². The minimum absolute atomic E-state index is 0.422. The number of para-hydroxylation sites is 1. The summed E-state index contributed by atoms with van der Waals surface area (Å²) in [4.78, 5) is 4.64. The minimum atomic E-state index is -3.25. The van der Waals surface area contributed by atoms with Crippen molar-refractivity contribution in [2.75, 3.05) is 11.9 Å². The van der Waals surface area contributed by atoms with Gasteiger partial charge in [0.2, 0.25) is 10.0 Å². The van der Waals surface area contributed by atoms with Crippen molar-refractivity contribution < 1.29 is 8.42 Å². The van der Waals surface area contributed by atoms with Crippen molar-refractivity contribution in [3.8, 4) is 0 Å². The average Bonchev–Trinajstić information content (AvgIpc) is 2.95. The molecule has 5 nitrogen and oxygen atoms in total. The van der Waals surface area contributed by atoms with E-state index < -0.39 is 14.8 Å². The van der Waals surface area contributed by atoms with E-state index in [0.717, 1.165) is 36.3 Å². The lowest BCUT2D eigenvalue weighted by molar-refractivity contribution is 0.336. The molecule has 7 heteroatoms. The Morgan fingerprint density at radius 3 is 2.48 bits per heavy atom. The van der Waals surface area contributed by atoms with Crippen LogP contribution in [0.15, 0.2) is 24.3 Å². The normalized spacial score (nSPS) is 22.2. The summed E-state index contributed by atoms with van der Waals surface area (Å²) in [6.07, 6.45) is 4.18. The first-order valence-electron chi connectivity index (χ1n) is 8.86. The molecule has 2 N–H and O–H groups in total. The highest BCUT2D eigenvalue weighted by Crippen LogP contribution is 2.30. The van der Waals surface area contributed by atoms with Gasteiger partial charge in [0.25, 0.3) is 0 Å². The fourth-order valence-electron chi connectivity index (χ4n) is 3.06. The summed E-state index contributed by atoms with van der Waals surface area (Å²) in [6.45, 7) is 5.74. The summed E-state index contributed by atoms with van der Waals surface area (Å²) >= 11 is 1.69. The third-order valence-corrected chi connectivity index (χ3v) is 7.96. The molecule has 0 spiro atoms. The lowest BCUT2D eigenvalue weighted by atomic mass is 9.86. The zero-order valence-electron chi connectivity index (χ0n) is 15.1. The van der Waals surface area contributed by atoms with Crippen molar-refractivity contribution >= 4 is 36.7 Å². The van der Waals surface area contributed by atoms with Crippen LogP contribution in [0.2, 0.25) is 0 Å². The van der Waals surface area contributed by atoms with E-state index in [1.165, 1.54) is 4.70 Å². The molecule has 2 aromatic rings. The van der Waals surface area contributed by atoms with E-state index >= 15 is 0 Å². The predicted molar refractivity (Wildman–Crippen MR) is 106 cm³/mol. The summed E-state index contributed by atoms with van der Waals surface area (Å²) < 4.78 is 27.6. The van der Waals surface area contributed by atoms with Crippen LogP contribution in [0.3, 0.4) is 0 Å². The molecule has 138 valence electrons. The Morgan fingerprint density at radius 2 is 1.84 bits per heavy atom. The van der Waals surface area contributed by atoms with E-state index in [1.54, 1.807) is 32.1 Å². The zero-order chi connectivity index (χ0) is 18.1. The van der Waals surface area contributed by atoms with Crippen LogP contribution in [-0.4, -0.2) is 30.7 Å². The van der Waals surface area contributed by atoms with E-state index in [2.05, 4.69) is 21.1 Å². The van der Waals surface area contributed by atoms with Crippen LogP contribution in [0, 0.1) is 5.92 Å². The zero-order valence-corrected chi connectivity index (χ0v) is 16.7. The largest absolute Gasteiger partial charge is 0.359 e. The highest BCUT2D eigenvalue weighted by Gasteiger charge is 2.30. The van der Waals surface area contributed by atoms with Crippen LogP contribution in [0.1, 0.15) is 46.5 Å². The number of thiazole rings is 1. The molecule has 0 aliphatic heterocycles. The van der Waals surface area contributed by atoms with Gasteiger partial charge in [0.15, 0.2) is 5.13 Å². The van der Waals surface area contributed by atoms with Crippen LogP contribution in [0.25, 0.3) is 10.2 Å². The van der Waals surface area contributed by atoms with Crippen LogP contribution in [-0.2, 0) is 10.0 Å². The molecule has 1 aromatic heterocycles. The Morgan fingerprint density at radius 1 is 1.16 bits per heavy atom. The van der Waals surface area contributed by atoms with E-state index in [4.69, 9.17) is 0 Å². The Bertz CT molecular complexity index is 783. The highest BCUT2D eigenvalue weighted by molar-refractivity contribution is 7.90. The van der Waals surface area contributed by atoms with Gasteiger partial charge in [-0.2, -0.15) is 0 Å². The number of hydrogen-bond acceptors (Lipinski definition) is 5. The predicted octanol–water partition coefficient (Wildman–Crippen LogP) is 3.98. The quantitative estimate of drug-likeness (QED) is 0.822. The second-order valence-electron chi connectivity index (χ2n) is 7.81. The molecule has 0 amide bonds. The van der Waals surface area contributed by atoms with Crippen LogP contribution < -0.4 is 10.0 Å². The third-order valence-electron chi connectivity index (χ3n) is 4.84. The van der Waals surface area contributed by atoms with Crippen LogP contribution >= 0.6 is 11.3 Å². The van der Waals surface area contributed by atoms with Gasteiger partial charge in [-0.3, -0.25) is 0 Å². The third kappa shape index (κ3) is 4.51. The number of rotatable bonds is 5. The van der Waals surface area contributed by atoms with E-state index in [1.807, 2.05) is 18.2 Å². The molecule has 1 aliphatic carbocycles. The molecular formula is C18H27N3O2S2. The van der Waals surface area contributed by atoms with Crippen molar-refractivity contribution in [3.63, 3.8) is 0 Å². The molecule has 1 saturated carbocycles. The van der Waals surface area contributed by atoms with Crippen molar-refractivity contribution in [3.05, 3.63) is 24.3 Å². The maximum Gasteiger partial charge on any atom is 0.216 e. The topological polar surface area (TPSA) is 71.1 Å². The van der Waals surface area contributed by atoms with Gasteiger partial charge in [0.05, 0.1) is 15.0 Å². The van der Waals surface area contributed by atoms with Gasteiger partial charge < -0.3 is 5.32 Å². The molecule has 1 aromatic carbocycles. The lowest BCUT2D eigenvalue weighted by Gasteiger charge is -2.30. The van der Waals surface area contributed by atoms with Gasteiger partial charge >= 0.3 is 0 Å². The fraction of sp³-hybridized carbons (Fsp3) is 0.611. The molecule has 25 heavy (non-hydrogen) atoms. The van der Waals surface area contributed by atoms with Crippen molar-refractivity contribution in [2.45, 2.75) is 57.2 Å². The van der Waals surface area contributed by atoms with Crippen LogP contribution in [0.5, 0.6) is 0 Å². The number of anilines is 1. The molecule has 1 heterocycles. The van der Waals surface area contributed by atoms with Gasteiger partial charge in [0, 0.05) is 12.6 Å². The molecule has 0 unspecified atom stereocenters. The Labute approximate surface area is 154 Å². The number of benzene rings is 1. The Balaban J connectivity index is 1.49. The van der Waals surface area contributed by atoms with Gasteiger partial charge in [-0.1, -0.05) is 23.5 Å². The first-order valence-corrected chi connectivity index (χ1v) is 11.2. The number of fused-ring (bicyclic) bond motifs is 1. The maximum absolute atomic E-state index is 12.2. The first kappa shape index (κ1) is 18.6. The Kier molecular flexibility index (Phi) is 5.37. The molecule has 3 rings (SSSR count). The van der Waals surface area contributed by atoms with Crippen molar-refractivity contribution in [1.82, 2.24) is 9.71 Å². The standard InChI is InChI=1S/C18H27N3O2S2/c1-18(2,3)25(22,23)19-12-13-8-10-14(11-9-13)20-17-21-15-6-4-5-7-16(15)24-17/h4-7,13-14,19H,8-12H2,1-3H3,(H,20,21)/t13-,14-. The molecule has 1 aliphatic rings. The van der Waals surface area contributed by atoms with Gasteiger partial charge in [0.1, 0.15) is 0 Å². The highest BCUT2D eigenvalue weighted by atomic mass is 32.2. The van der Waals surface area contributed by atoms with Crippen molar-refractivity contribution in [1.29, 1.82) is 0 Å². The number of nitrogens with one attached hydrogen (secondary N) is 2. The molecule has 0 atom stereocenters. The second-order valence-corrected chi connectivity index (χ2v) is 11.4. The van der Waals surface area contributed by atoms with Gasteiger partial charge in [-0.15, -0.1) is 0 Å². The fourth-order valence-corrected chi connectivity index (χ4v) is 4.89. The lowest BCUT2D eigenvalue weighted by Crippen LogP contribution is -2.42. The first-order chi connectivity index (χ1) is 11.7.